The average Bonchev–Trinajstić information content (AvgIpc) is 3.57. The van der Waals surface area contributed by atoms with E-state index in [0.29, 0.717) is 24.3 Å². The smallest absolute Gasteiger partial charge is 0.412 e. The van der Waals surface area contributed by atoms with E-state index in [4.69, 9.17) is 4.74 Å². The zero-order valence-corrected chi connectivity index (χ0v) is 15.1. The minimum atomic E-state index is -4.65. The number of ether oxygens (including phenoxy) is 1. The molecule has 5 nitrogen and oxygen atoms in total. The predicted molar refractivity (Wildman–Crippen MR) is 94.9 cm³/mol. The Bertz CT molecular complexity index is 850. The average molecular weight is 391 g/mol. The fourth-order valence-electron chi connectivity index (χ4n) is 2.99. The number of hydrogen-bond acceptors (Lipinski definition) is 4. The van der Waals surface area contributed by atoms with Gasteiger partial charge in [-0.2, -0.15) is 13.2 Å². The largest absolute Gasteiger partial charge is 0.477 e. The summed E-state index contributed by atoms with van der Waals surface area (Å²) in [4.78, 5) is 20.5. The summed E-state index contributed by atoms with van der Waals surface area (Å²) in [5.74, 6) is 0.334. The van der Waals surface area contributed by atoms with E-state index in [2.05, 4.69) is 9.97 Å². The van der Waals surface area contributed by atoms with Crippen molar-refractivity contribution < 1.29 is 22.7 Å². The fraction of sp³-hybridized carbons (Fsp3) is 0.450. The molecule has 148 valence electrons. The van der Waals surface area contributed by atoms with Crippen molar-refractivity contribution in [3.05, 3.63) is 53.5 Å². The first-order valence-corrected chi connectivity index (χ1v) is 9.33. The summed E-state index contributed by atoms with van der Waals surface area (Å²) >= 11 is 0. The third-order valence-corrected chi connectivity index (χ3v) is 4.91. The molecule has 0 radical (unpaired) electrons. The van der Waals surface area contributed by atoms with Gasteiger partial charge in [-0.15, -0.1) is 0 Å². The van der Waals surface area contributed by atoms with Gasteiger partial charge >= 0.3 is 6.18 Å². The lowest BCUT2D eigenvalue weighted by molar-refractivity contribution is -0.155. The molecule has 8 heteroatoms. The summed E-state index contributed by atoms with van der Waals surface area (Å²) in [5, 5.41) is 2.04. The normalized spacial score (nSPS) is 17.8. The molecule has 2 aromatic rings. The van der Waals surface area contributed by atoms with Crippen molar-refractivity contribution in [3.8, 4) is 5.88 Å². The summed E-state index contributed by atoms with van der Waals surface area (Å²) < 4.78 is 46.2. The second kappa shape index (κ2) is 7.41. The van der Waals surface area contributed by atoms with Gasteiger partial charge in [0.15, 0.2) is 6.04 Å². The third kappa shape index (κ3) is 4.43. The second-order valence-electron chi connectivity index (χ2n) is 7.35. The number of nitrogens with one attached hydrogen (secondary N) is 1. The Morgan fingerprint density at radius 2 is 2.00 bits per heavy atom. The summed E-state index contributed by atoms with van der Waals surface area (Å²) in [6.07, 6.45) is 2.09. The number of hydrogen-bond donors (Lipinski definition) is 1. The molecule has 2 aliphatic carbocycles. The number of nitrogens with zero attached hydrogens (tertiary/aromatic N) is 2. The lowest BCUT2D eigenvalue weighted by Gasteiger charge is -2.21. The van der Waals surface area contributed by atoms with Crippen LogP contribution in [0.3, 0.4) is 0 Å². The molecular formula is C20H20F3N3O2. The molecule has 1 N–H and O–H groups in total. The van der Waals surface area contributed by atoms with Crippen LogP contribution in [0.1, 0.15) is 59.3 Å². The lowest BCUT2D eigenvalue weighted by Crippen LogP contribution is -2.38. The molecule has 2 aliphatic rings. The first-order valence-electron chi connectivity index (χ1n) is 9.33. The maximum atomic E-state index is 13.5. The minimum Gasteiger partial charge on any atom is -0.477 e. The molecule has 2 heterocycles. The number of alkyl halides is 3. The van der Waals surface area contributed by atoms with E-state index in [-0.39, 0.29) is 11.3 Å². The first kappa shape index (κ1) is 18.7. The summed E-state index contributed by atoms with van der Waals surface area (Å²) in [6, 6.07) is 3.72. The van der Waals surface area contributed by atoms with Crippen molar-refractivity contribution in [2.75, 3.05) is 6.61 Å². The third-order valence-electron chi connectivity index (χ3n) is 4.91. The van der Waals surface area contributed by atoms with Crippen molar-refractivity contribution in [1.29, 1.82) is 0 Å². The van der Waals surface area contributed by atoms with Crippen LogP contribution in [-0.2, 0) is 0 Å². The number of carbonyl (C=O) groups excluding carboxylic acids is 1. The van der Waals surface area contributed by atoms with Crippen LogP contribution in [0.15, 0.2) is 36.7 Å². The van der Waals surface area contributed by atoms with Gasteiger partial charge in [-0.25, -0.2) is 4.98 Å². The first-order chi connectivity index (χ1) is 13.4. The minimum absolute atomic E-state index is 0.0895. The Morgan fingerprint density at radius 3 is 2.61 bits per heavy atom. The van der Waals surface area contributed by atoms with Crippen LogP contribution in [0, 0.1) is 5.92 Å². The van der Waals surface area contributed by atoms with E-state index in [1.807, 2.05) is 5.32 Å². The highest BCUT2D eigenvalue weighted by molar-refractivity contribution is 5.92. The highest BCUT2D eigenvalue weighted by Crippen LogP contribution is 2.44. The van der Waals surface area contributed by atoms with Gasteiger partial charge in [0.05, 0.1) is 6.61 Å². The maximum absolute atomic E-state index is 13.5. The van der Waals surface area contributed by atoms with Gasteiger partial charge in [-0.05, 0) is 49.7 Å². The van der Waals surface area contributed by atoms with Gasteiger partial charge in [0, 0.05) is 23.5 Å². The van der Waals surface area contributed by atoms with Crippen molar-refractivity contribution in [2.45, 2.75) is 43.8 Å². The fourth-order valence-corrected chi connectivity index (χ4v) is 2.99. The van der Waals surface area contributed by atoms with Gasteiger partial charge < -0.3 is 10.1 Å². The van der Waals surface area contributed by atoms with Crippen molar-refractivity contribution in [1.82, 2.24) is 15.3 Å². The standard InChI is InChI=1S/C20H20F3N3O2/c21-20(22,23)17(14-2-1-9-24-10-14)26-18(27)16-8-7-15(13-5-6-13)19(25-16)28-11-12-3-4-12/h1-2,7-10,12-13,17H,3-6,11H2,(H,26,27)/t17-/m1/s1. The molecule has 1 atom stereocenters. The number of aromatic nitrogens is 2. The van der Waals surface area contributed by atoms with E-state index >= 15 is 0 Å². The van der Waals surface area contributed by atoms with Crippen molar-refractivity contribution in [3.63, 3.8) is 0 Å². The summed E-state index contributed by atoms with van der Waals surface area (Å²) in [5.41, 5.74) is 0.702. The van der Waals surface area contributed by atoms with E-state index in [1.165, 1.54) is 24.4 Å². The Hall–Kier alpha value is -2.64. The van der Waals surface area contributed by atoms with Crippen LogP contribution >= 0.6 is 0 Å². The molecule has 1 amide bonds. The van der Waals surface area contributed by atoms with E-state index in [9.17, 15) is 18.0 Å². The maximum Gasteiger partial charge on any atom is 0.412 e. The summed E-state index contributed by atoms with van der Waals surface area (Å²) in [7, 11) is 0. The quantitative estimate of drug-likeness (QED) is 0.769. The number of halogens is 3. The second-order valence-corrected chi connectivity index (χ2v) is 7.35. The topological polar surface area (TPSA) is 64.1 Å². The molecule has 2 fully saturated rings. The van der Waals surface area contributed by atoms with Crippen LogP contribution in [0.2, 0.25) is 0 Å². The van der Waals surface area contributed by atoms with Gasteiger partial charge in [0.25, 0.3) is 5.91 Å². The molecule has 4 rings (SSSR count). The Morgan fingerprint density at radius 1 is 1.21 bits per heavy atom. The molecule has 0 unspecified atom stereocenters. The zero-order chi connectivity index (χ0) is 19.7. The van der Waals surface area contributed by atoms with Gasteiger partial charge in [-0.3, -0.25) is 9.78 Å². The number of pyridine rings is 2. The van der Waals surface area contributed by atoms with E-state index in [1.54, 1.807) is 6.07 Å². The van der Waals surface area contributed by atoms with E-state index in [0.717, 1.165) is 37.4 Å². The Labute approximate surface area is 160 Å². The molecule has 2 saturated carbocycles. The summed E-state index contributed by atoms with van der Waals surface area (Å²) in [6.45, 7) is 0.526. The van der Waals surface area contributed by atoms with Crippen LogP contribution in [-0.4, -0.2) is 28.7 Å². The molecule has 0 spiro atoms. The van der Waals surface area contributed by atoms with Gasteiger partial charge in [0.2, 0.25) is 5.88 Å². The van der Waals surface area contributed by atoms with E-state index < -0.39 is 18.1 Å². The molecule has 0 saturated heterocycles. The number of carbonyl (C=O) groups is 1. The highest BCUT2D eigenvalue weighted by atomic mass is 19.4. The van der Waals surface area contributed by atoms with Gasteiger partial charge in [-0.1, -0.05) is 12.1 Å². The highest BCUT2D eigenvalue weighted by Gasteiger charge is 2.42. The molecule has 28 heavy (non-hydrogen) atoms. The molecule has 0 aromatic carbocycles. The van der Waals surface area contributed by atoms with Crippen molar-refractivity contribution >= 4 is 5.91 Å². The van der Waals surface area contributed by atoms with Crippen LogP contribution in [0.5, 0.6) is 5.88 Å². The number of rotatable bonds is 7. The van der Waals surface area contributed by atoms with Crippen LogP contribution < -0.4 is 10.1 Å². The van der Waals surface area contributed by atoms with Crippen molar-refractivity contribution in [2.24, 2.45) is 5.92 Å². The Kier molecular flexibility index (Phi) is 4.95. The zero-order valence-electron chi connectivity index (χ0n) is 15.1. The SMILES string of the molecule is O=C(N[C@H](c1cccnc1)C(F)(F)F)c1ccc(C2CC2)c(OCC2CC2)n1. The van der Waals surface area contributed by atoms with Gasteiger partial charge in [0.1, 0.15) is 5.69 Å². The predicted octanol–water partition coefficient (Wildman–Crippen LogP) is 4.18. The molecular weight excluding hydrogens is 371 g/mol. The number of amides is 1. The molecule has 2 aromatic heterocycles. The monoisotopic (exact) mass is 391 g/mol. The Balaban J connectivity index is 1.55. The van der Waals surface area contributed by atoms with Crippen LogP contribution in [0.4, 0.5) is 13.2 Å². The molecule has 0 aliphatic heterocycles. The van der Waals surface area contributed by atoms with Crippen LogP contribution in [0.25, 0.3) is 0 Å². The molecule has 0 bridgehead atoms. The lowest BCUT2D eigenvalue weighted by atomic mass is 10.1.